The molecule has 98 valence electrons. The zero-order valence-corrected chi connectivity index (χ0v) is 10.7. The zero-order chi connectivity index (χ0) is 12.1. The summed E-state index contributed by atoms with van der Waals surface area (Å²) in [4.78, 5) is 0. The standard InChI is InChI=1S/C11H25NO4/c1-13-8-9-16-7-5-4-6-12-10-11(14-2)15-3/h11-12H,4-10H2,1-3H3. The highest BCUT2D eigenvalue weighted by molar-refractivity contribution is 4.51. The molecule has 1 N–H and O–H groups in total. The van der Waals surface area contributed by atoms with Crippen LogP contribution in [0, 0.1) is 0 Å². The molecule has 0 rings (SSSR count). The van der Waals surface area contributed by atoms with Crippen molar-refractivity contribution in [1.82, 2.24) is 5.32 Å². The monoisotopic (exact) mass is 235 g/mol. The molecule has 0 spiro atoms. The van der Waals surface area contributed by atoms with Crippen LogP contribution in [0.1, 0.15) is 12.8 Å². The summed E-state index contributed by atoms with van der Waals surface area (Å²) >= 11 is 0. The Morgan fingerprint density at radius 2 is 1.69 bits per heavy atom. The lowest BCUT2D eigenvalue weighted by atomic mass is 10.3. The Bertz CT molecular complexity index is 131. The van der Waals surface area contributed by atoms with Gasteiger partial charge < -0.3 is 24.3 Å². The van der Waals surface area contributed by atoms with Crippen LogP contribution in [0.15, 0.2) is 0 Å². The van der Waals surface area contributed by atoms with Crippen LogP contribution < -0.4 is 5.32 Å². The molecule has 0 bridgehead atoms. The second kappa shape index (κ2) is 12.9. The Hall–Kier alpha value is -0.200. The first-order valence-electron chi connectivity index (χ1n) is 5.68. The second-order valence-corrected chi connectivity index (χ2v) is 3.42. The molecule has 5 heteroatoms. The summed E-state index contributed by atoms with van der Waals surface area (Å²) in [6, 6.07) is 0. The third kappa shape index (κ3) is 10.3. The number of hydrogen-bond donors (Lipinski definition) is 1. The van der Waals surface area contributed by atoms with E-state index in [1.165, 1.54) is 0 Å². The summed E-state index contributed by atoms with van der Waals surface area (Å²) in [5.41, 5.74) is 0. The van der Waals surface area contributed by atoms with E-state index < -0.39 is 0 Å². The Balaban J connectivity index is 3.03. The highest BCUT2D eigenvalue weighted by Crippen LogP contribution is 1.91. The Morgan fingerprint density at radius 3 is 2.31 bits per heavy atom. The van der Waals surface area contributed by atoms with E-state index in [9.17, 15) is 0 Å². The van der Waals surface area contributed by atoms with Crippen LogP contribution in [0.2, 0.25) is 0 Å². The third-order valence-electron chi connectivity index (χ3n) is 2.16. The van der Waals surface area contributed by atoms with Gasteiger partial charge in [0.25, 0.3) is 0 Å². The summed E-state index contributed by atoms with van der Waals surface area (Å²) < 4.78 is 20.3. The first-order chi connectivity index (χ1) is 7.85. The van der Waals surface area contributed by atoms with Crippen molar-refractivity contribution in [3.8, 4) is 0 Å². The molecule has 16 heavy (non-hydrogen) atoms. The van der Waals surface area contributed by atoms with Crippen molar-refractivity contribution in [3.63, 3.8) is 0 Å². The highest BCUT2D eigenvalue weighted by Gasteiger charge is 2.02. The second-order valence-electron chi connectivity index (χ2n) is 3.42. The molecular weight excluding hydrogens is 210 g/mol. The topological polar surface area (TPSA) is 49.0 Å². The highest BCUT2D eigenvalue weighted by atomic mass is 16.7. The molecule has 0 atom stereocenters. The average molecular weight is 235 g/mol. The van der Waals surface area contributed by atoms with Gasteiger partial charge in [0.2, 0.25) is 0 Å². The maximum atomic E-state index is 5.34. The lowest BCUT2D eigenvalue weighted by Gasteiger charge is -2.13. The summed E-state index contributed by atoms with van der Waals surface area (Å²) in [7, 11) is 4.95. The summed E-state index contributed by atoms with van der Waals surface area (Å²) in [6.45, 7) is 3.82. The van der Waals surface area contributed by atoms with E-state index in [4.69, 9.17) is 18.9 Å². The van der Waals surface area contributed by atoms with E-state index in [0.717, 1.165) is 32.5 Å². The Labute approximate surface area is 98.4 Å². The molecule has 0 heterocycles. The van der Waals surface area contributed by atoms with E-state index in [1.54, 1.807) is 21.3 Å². The SMILES string of the molecule is COCCOCCCCNCC(OC)OC. The fourth-order valence-corrected chi connectivity index (χ4v) is 1.18. The van der Waals surface area contributed by atoms with Crippen LogP contribution >= 0.6 is 0 Å². The fourth-order valence-electron chi connectivity index (χ4n) is 1.18. The van der Waals surface area contributed by atoms with Gasteiger partial charge in [0.15, 0.2) is 6.29 Å². The Morgan fingerprint density at radius 1 is 0.938 bits per heavy atom. The average Bonchev–Trinajstić information content (AvgIpc) is 2.32. The normalized spacial score (nSPS) is 11.2. The first kappa shape index (κ1) is 15.8. The van der Waals surface area contributed by atoms with E-state index in [2.05, 4.69) is 5.32 Å². The lowest BCUT2D eigenvalue weighted by molar-refractivity contribution is -0.0986. The van der Waals surface area contributed by atoms with Crippen molar-refractivity contribution >= 4 is 0 Å². The molecule has 0 unspecified atom stereocenters. The molecule has 0 saturated carbocycles. The van der Waals surface area contributed by atoms with Crippen molar-refractivity contribution in [2.45, 2.75) is 19.1 Å². The molecule has 0 aliphatic rings. The summed E-state index contributed by atoms with van der Waals surface area (Å²) in [6.07, 6.45) is 1.99. The zero-order valence-electron chi connectivity index (χ0n) is 10.7. The van der Waals surface area contributed by atoms with Crippen LogP contribution in [-0.2, 0) is 18.9 Å². The van der Waals surface area contributed by atoms with Gasteiger partial charge in [-0.15, -0.1) is 0 Å². The predicted molar refractivity (Wildman–Crippen MR) is 62.6 cm³/mol. The van der Waals surface area contributed by atoms with Gasteiger partial charge in [-0.05, 0) is 19.4 Å². The van der Waals surface area contributed by atoms with Gasteiger partial charge in [0.1, 0.15) is 0 Å². The van der Waals surface area contributed by atoms with Gasteiger partial charge in [-0.25, -0.2) is 0 Å². The van der Waals surface area contributed by atoms with Crippen LogP contribution in [0.5, 0.6) is 0 Å². The van der Waals surface area contributed by atoms with Crippen LogP contribution in [0.4, 0.5) is 0 Å². The van der Waals surface area contributed by atoms with Crippen molar-refractivity contribution in [1.29, 1.82) is 0 Å². The van der Waals surface area contributed by atoms with Gasteiger partial charge in [0, 0.05) is 34.5 Å². The molecule has 5 nitrogen and oxygen atoms in total. The van der Waals surface area contributed by atoms with Crippen molar-refractivity contribution < 1.29 is 18.9 Å². The van der Waals surface area contributed by atoms with E-state index >= 15 is 0 Å². The number of methoxy groups -OCH3 is 3. The number of unbranched alkanes of at least 4 members (excludes halogenated alkanes) is 1. The largest absolute Gasteiger partial charge is 0.382 e. The van der Waals surface area contributed by atoms with Crippen molar-refractivity contribution in [2.24, 2.45) is 0 Å². The maximum absolute atomic E-state index is 5.34. The van der Waals surface area contributed by atoms with E-state index in [0.29, 0.717) is 13.2 Å². The van der Waals surface area contributed by atoms with Gasteiger partial charge in [0.05, 0.1) is 13.2 Å². The minimum atomic E-state index is -0.155. The van der Waals surface area contributed by atoms with Gasteiger partial charge in [-0.1, -0.05) is 0 Å². The molecular formula is C11H25NO4. The lowest BCUT2D eigenvalue weighted by Crippen LogP contribution is -2.30. The van der Waals surface area contributed by atoms with Crippen LogP contribution in [0.25, 0.3) is 0 Å². The fraction of sp³-hybridized carbons (Fsp3) is 1.00. The molecule has 0 amide bonds. The van der Waals surface area contributed by atoms with E-state index in [1.807, 2.05) is 0 Å². The van der Waals surface area contributed by atoms with Crippen molar-refractivity contribution in [2.75, 3.05) is 54.2 Å². The van der Waals surface area contributed by atoms with Crippen LogP contribution in [-0.4, -0.2) is 60.5 Å². The number of hydrogen-bond acceptors (Lipinski definition) is 5. The number of nitrogens with one attached hydrogen (secondary N) is 1. The molecule has 0 radical (unpaired) electrons. The van der Waals surface area contributed by atoms with Crippen molar-refractivity contribution in [3.05, 3.63) is 0 Å². The maximum Gasteiger partial charge on any atom is 0.169 e. The van der Waals surface area contributed by atoms with Gasteiger partial charge in [-0.3, -0.25) is 0 Å². The Kier molecular flexibility index (Phi) is 12.7. The van der Waals surface area contributed by atoms with Crippen LogP contribution in [0.3, 0.4) is 0 Å². The molecule has 0 aromatic carbocycles. The first-order valence-corrected chi connectivity index (χ1v) is 5.68. The molecule has 0 aliphatic heterocycles. The number of rotatable bonds is 12. The smallest absolute Gasteiger partial charge is 0.169 e. The predicted octanol–water partition coefficient (Wildman–Crippen LogP) is 0.638. The molecule has 0 fully saturated rings. The molecule has 0 aromatic rings. The summed E-state index contributed by atoms with van der Waals surface area (Å²) in [5.74, 6) is 0. The minimum absolute atomic E-state index is 0.155. The molecule has 0 aromatic heterocycles. The minimum Gasteiger partial charge on any atom is -0.382 e. The quantitative estimate of drug-likeness (QED) is 0.397. The van der Waals surface area contributed by atoms with E-state index in [-0.39, 0.29) is 6.29 Å². The summed E-state index contributed by atoms with van der Waals surface area (Å²) in [5, 5.41) is 3.26. The third-order valence-corrected chi connectivity index (χ3v) is 2.16. The molecule has 0 aliphatic carbocycles. The van der Waals surface area contributed by atoms with Gasteiger partial charge in [-0.2, -0.15) is 0 Å². The van der Waals surface area contributed by atoms with Gasteiger partial charge >= 0.3 is 0 Å². The number of ether oxygens (including phenoxy) is 4. The molecule has 0 saturated heterocycles.